The second-order valence-corrected chi connectivity index (χ2v) is 12.2. The lowest BCUT2D eigenvalue weighted by Gasteiger charge is -2.23. The third kappa shape index (κ3) is 6.63. The van der Waals surface area contributed by atoms with E-state index in [0.29, 0.717) is 19.4 Å². The van der Waals surface area contributed by atoms with E-state index in [-0.39, 0.29) is 23.3 Å². The van der Waals surface area contributed by atoms with Crippen molar-refractivity contribution in [2.45, 2.75) is 56.4 Å². The number of hydrogen-bond acceptors (Lipinski definition) is 4. The summed E-state index contributed by atoms with van der Waals surface area (Å²) < 4.78 is 35.1. The van der Waals surface area contributed by atoms with Crippen LogP contribution >= 0.6 is 15.9 Å². The van der Waals surface area contributed by atoms with Gasteiger partial charge in [-0.3, -0.25) is 4.79 Å². The topological polar surface area (TPSA) is 63.7 Å². The summed E-state index contributed by atoms with van der Waals surface area (Å²) in [6, 6.07) is 15.0. The van der Waals surface area contributed by atoms with Gasteiger partial charge < -0.3 is 4.74 Å². The Morgan fingerprint density at radius 1 is 1.14 bits per heavy atom. The van der Waals surface area contributed by atoms with Crippen molar-refractivity contribution in [3.8, 4) is 11.8 Å². The van der Waals surface area contributed by atoms with Gasteiger partial charge in [0.15, 0.2) is 5.60 Å². The molecule has 7 heteroatoms. The summed E-state index contributed by atoms with van der Waals surface area (Å²) in [5, 5.41) is 0. The number of carbonyl (C=O) groups is 1. The molecule has 0 bridgehead atoms. The number of rotatable bonds is 7. The third-order valence-electron chi connectivity index (χ3n) is 6.47. The molecule has 184 valence electrons. The number of halogens is 1. The van der Waals surface area contributed by atoms with E-state index in [2.05, 4.69) is 33.8 Å². The number of nitrogens with zero attached hydrogens (tertiary/aromatic N) is 1. The van der Waals surface area contributed by atoms with Gasteiger partial charge in [-0.25, -0.2) is 8.42 Å². The molecule has 0 spiro atoms. The van der Waals surface area contributed by atoms with E-state index in [1.807, 2.05) is 31.2 Å². The zero-order chi connectivity index (χ0) is 25.1. The molecule has 5 nitrogen and oxygen atoms in total. The van der Waals surface area contributed by atoms with Crippen LogP contribution in [-0.4, -0.2) is 37.4 Å². The number of aryl methyl sites for hydroxylation is 1. The van der Waals surface area contributed by atoms with Crippen molar-refractivity contribution in [1.29, 1.82) is 0 Å². The lowest BCUT2D eigenvalue weighted by molar-refractivity contribution is -0.151. The maximum Gasteiger partial charge on any atom is 0.304 e. The van der Waals surface area contributed by atoms with Crippen molar-refractivity contribution < 1.29 is 17.9 Å². The Bertz CT molecular complexity index is 1260. The highest BCUT2D eigenvalue weighted by molar-refractivity contribution is 9.10. The average molecular weight is 557 g/mol. The van der Waals surface area contributed by atoms with Crippen LogP contribution in [0.3, 0.4) is 0 Å². The minimum Gasteiger partial charge on any atom is -0.446 e. The predicted molar refractivity (Wildman–Crippen MR) is 141 cm³/mol. The van der Waals surface area contributed by atoms with Gasteiger partial charge >= 0.3 is 5.97 Å². The highest BCUT2D eigenvalue weighted by Gasteiger charge is 2.37. The van der Waals surface area contributed by atoms with Crippen molar-refractivity contribution in [3.63, 3.8) is 0 Å². The first-order valence-corrected chi connectivity index (χ1v) is 14.1. The Labute approximate surface area is 216 Å². The summed E-state index contributed by atoms with van der Waals surface area (Å²) in [7, 11) is -3.72. The first kappa shape index (κ1) is 25.7. The first-order valence-electron chi connectivity index (χ1n) is 11.9. The maximum absolute atomic E-state index is 13.5. The van der Waals surface area contributed by atoms with Crippen LogP contribution in [0.5, 0.6) is 0 Å². The Hall–Kier alpha value is -2.40. The monoisotopic (exact) mass is 555 g/mol. The first-order chi connectivity index (χ1) is 16.7. The smallest absolute Gasteiger partial charge is 0.304 e. The second-order valence-electron chi connectivity index (χ2n) is 9.38. The number of hydrogen-bond donors (Lipinski definition) is 0. The van der Waals surface area contributed by atoms with Crippen molar-refractivity contribution in [2.75, 3.05) is 13.1 Å². The Morgan fingerprint density at radius 3 is 2.43 bits per heavy atom. The molecular weight excluding hydrogens is 526 g/mol. The van der Waals surface area contributed by atoms with Crippen molar-refractivity contribution in [1.82, 2.24) is 4.31 Å². The molecule has 0 aromatic heterocycles. The largest absolute Gasteiger partial charge is 0.446 e. The van der Waals surface area contributed by atoms with E-state index in [1.165, 1.54) is 16.8 Å². The van der Waals surface area contributed by atoms with Gasteiger partial charge in [-0.05, 0) is 74.8 Å². The minimum atomic E-state index is -3.72. The summed E-state index contributed by atoms with van der Waals surface area (Å²) in [6.07, 6.45) is 6.26. The molecule has 0 amide bonds. The normalized spacial score (nSPS) is 19.9. The number of benzene rings is 2. The second kappa shape index (κ2) is 10.7. The van der Waals surface area contributed by atoms with Crippen molar-refractivity contribution in [2.24, 2.45) is 5.92 Å². The molecule has 35 heavy (non-hydrogen) atoms. The highest BCUT2D eigenvalue weighted by Crippen LogP contribution is 2.41. The lowest BCUT2D eigenvalue weighted by Crippen LogP contribution is -2.34. The molecule has 4 rings (SSSR count). The van der Waals surface area contributed by atoms with Gasteiger partial charge in [0.2, 0.25) is 10.0 Å². The fourth-order valence-corrected chi connectivity index (χ4v) is 6.13. The van der Waals surface area contributed by atoms with E-state index >= 15 is 0 Å². The van der Waals surface area contributed by atoms with Crippen LogP contribution in [0.25, 0.3) is 6.08 Å². The summed E-state index contributed by atoms with van der Waals surface area (Å²) in [4.78, 5) is 11.9. The number of ether oxygens (including phenoxy) is 1. The summed E-state index contributed by atoms with van der Waals surface area (Å²) in [5.41, 5.74) is 2.54. The van der Waals surface area contributed by atoms with Gasteiger partial charge in [0.05, 0.1) is 11.4 Å². The predicted octanol–water partition coefficient (Wildman–Crippen LogP) is 5.73. The average Bonchev–Trinajstić information content (AvgIpc) is 3.37. The van der Waals surface area contributed by atoms with Crippen LogP contribution < -0.4 is 0 Å². The molecule has 2 aromatic rings. The maximum atomic E-state index is 13.5. The van der Waals surface area contributed by atoms with Gasteiger partial charge in [-0.1, -0.05) is 69.2 Å². The molecule has 1 unspecified atom stereocenters. The van der Waals surface area contributed by atoms with Gasteiger partial charge in [-0.15, -0.1) is 0 Å². The molecule has 2 saturated carbocycles. The number of sulfonamides is 1. The SMILES string of the molecule is CC(=O)OC1(C#CCN(CC2C/C2=C\c2ccc(Br)cc2)S(=O)(=O)c2ccc(C)cc2)CCCC1. The van der Waals surface area contributed by atoms with Gasteiger partial charge in [0.25, 0.3) is 0 Å². The van der Waals surface area contributed by atoms with E-state index in [4.69, 9.17) is 4.74 Å². The minimum absolute atomic E-state index is 0.0568. The van der Waals surface area contributed by atoms with E-state index < -0.39 is 15.6 Å². The molecule has 0 N–H and O–H groups in total. The van der Waals surface area contributed by atoms with Crippen LogP contribution in [0, 0.1) is 24.7 Å². The molecule has 2 aromatic carbocycles. The molecule has 2 aliphatic carbocycles. The van der Waals surface area contributed by atoms with Gasteiger partial charge in [0, 0.05) is 17.9 Å². The quantitative estimate of drug-likeness (QED) is 0.323. The van der Waals surface area contributed by atoms with Crippen LogP contribution in [0.1, 0.15) is 50.2 Å². The highest BCUT2D eigenvalue weighted by atomic mass is 79.9. The number of esters is 1. The zero-order valence-electron chi connectivity index (χ0n) is 20.1. The van der Waals surface area contributed by atoms with Crippen LogP contribution in [-0.2, 0) is 19.6 Å². The number of carbonyl (C=O) groups excluding carboxylic acids is 1. The van der Waals surface area contributed by atoms with Crippen LogP contribution in [0.15, 0.2) is 63.5 Å². The van der Waals surface area contributed by atoms with Crippen LogP contribution in [0.2, 0.25) is 0 Å². The molecular formula is C28H30BrNO4S. The standard InChI is InChI=1S/C28H30BrNO4S/c1-21-6-12-27(13-7-21)35(32,33)30(17-5-16-28(34-22(2)31)14-3-4-15-28)20-25-19-24(25)18-23-8-10-26(29)11-9-23/h6-13,18,25H,3-4,14-15,17,19-20H2,1-2H3/b24-18+. The fraction of sp³-hybridized carbons (Fsp3) is 0.393. The molecule has 2 fully saturated rings. The Balaban J connectivity index is 1.55. The van der Waals surface area contributed by atoms with E-state index in [1.54, 1.807) is 24.3 Å². The third-order valence-corrected chi connectivity index (χ3v) is 8.83. The lowest BCUT2D eigenvalue weighted by atomic mass is 10.0. The summed E-state index contributed by atoms with van der Waals surface area (Å²) in [5.74, 6) is 5.99. The van der Waals surface area contributed by atoms with Gasteiger partial charge in [-0.2, -0.15) is 4.31 Å². The molecule has 1 atom stereocenters. The van der Waals surface area contributed by atoms with E-state index in [9.17, 15) is 13.2 Å². The molecule has 0 saturated heterocycles. The molecule has 2 aliphatic rings. The zero-order valence-corrected chi connectivity index (χ0v) is 22.5. The van der Waals surface area contributed by atoms with Crippen LogP contribution in [0.4, 0.5) is 0 Å². The molecule has 0 heterocycles. The Morgan fingerprint density at radius 2 is 1.80 bits per heavy atom. The summed E-state index contributed by atoms with van der Waals surface area (Å²) >= 11 is 3.45. The molecule has 0 radical (unpaired) electrons. The summed E-state index contributed by atoms with van der Waals surface area (Å²) in [6.45, 7) is 3.75. The molecule has 0 aliphatic heterocycles. The van der Waals surface area contributed by atoms with Gasteiger partial charge in [0.1, 0.15) is 0 Å². The van der Waals surface area contributed by atoms with Crippen molar-refractivity contribution >= 4 is 38.0 Å². The van der Waals surface area contributed by atoms with E-state index in [0.717, 1.165) is 34.9 Å². The fourth-order valence-electron chi connectivity index (χ4n) is 4.47. The van der Waals surface area contributed by atoms with Crippen molar-refractivity contribution in [3.05, 3.63) is 69.7 Å². The Kier molecular flexibility index (Phi) is 7.85.